The van der Waals surface area contributed by atoms with E-state index in [9.17, 15) is 5.11 Å². The molecule has 3 aromatic rings. The van der Waals surface area contributed by atoms with Gasteiger partial charge >= 0.3 is 0 Å². The molecule has 1 N–H and O–H groups in total. The summed E-state index contributed by atoms with van der Waals surface area (Å²) in [5.41, 5.74) is 9.11. The number of aliphatic hydroxyl groups excluding tert-OH is 1. The van der Waals surface area contributed by atoms with Crippen LogP contribution < -0.4 is 9.47 Å². The van der Waals surface area contributed by atoms with Crippen molar-refractivity contribution in [3.05, 3.63) is 82.4 Å². The van der Waals surface area contributed by atoms with Crippen LogP contribution in [0.3, 0.4) is 0 Å². The number of likely N-dealkylation sites (tertiary alicyclic amines) is 2. The molecular weight excluding hydrogens is 496 g/mol. The Morgan fingerprint density at radius 3 is 2.42 bits per heavy atom. The zero-order valence-electron chi connectivity index (χ0n) is 24.2. The van der Waals surface area contributed by atoms with Gasteiger partial charge in [0.25, 0.3) is 0 Å². The third-order valence-electron chi connectivity index (χ3n) is 9.50. The van der Waals surface area contributed by atoms with Crippen molar-refractivity contribution < 1.29 is 14.6 Å². The van der Waals surface area contributed by atoms with E-state index in [-0.39, 0.29) is 12.6 Å². The molecule has 2 heterocycles. The second-order valence-electron chi connectivity index (χ2n) is 12.1. The molecule has 2 saturated heterocycles. The van der Waals surface area contributed by atoms with Gasteiger partial charge in [-0.1, -0.05) is 48.5 Å². The first-order valence-electron chi connectivity index (χ1n) is 15.2. The second kappa shape index (κ2) is 12.3. The zero-order chi connectivity index (χ0) is 27.5. The molecule has 212 valence electrons. The lowest BCUT2D eigenvalue weighted by atomic mass is 9.96. The average molecular weight is 541 g/mol. The van der Waals surface area contributed by atoms with Gasteiger partial charge in [-0.05, 0) is 105 Å². The number of nitrogens with zero attached hydrogens (tertiary/aromatic N) is 2. The Morgan fingerprint density at radius 1 is 0.875 bits per heavy atom. The number of fused-ring (bicyclic) bond motifs is 1. The molecule has 5 heteroatoms. The van der Waals surface area contributed by atoms with Crippen molar-refractivity contribution in [2.24, 2.45) is 5.92 Å². The van der Waals surface area contributed by atoms with E-state index in [1.54, 1.807) is 0 Å². The van der Waals surface area contributed by atoms with E-state index in [1.165, 1.54) is 51.8 Å². The van der Waals surface area contributed by atoms with Gasteiger partial charge in [-0.15, -0.1) is 0 Å². The number of hydrogen-bond acceptors (Lipinski definition) is 5. The maximum Gasteiger partial charge on any atom is 0.127 e. The Labute approximate surface area is 239 Å². The maximum atomic E-state index is 9.83. The van der Waals surface area contributed by atoms with Crippen LogP contribution in [0.25, 0.3) is 11.1 Å². The minimum absolute atomic E-state index is 0.233. The van der Waals surface area contributed by atoms with Gasteiger partial charge in [0.1, 0.15) is 18.1 Å². The third kappa shape index (κ3) is 5.79. The zero-order valence-corrected chi connectivity index (χ0v) is 24.2. The molecule has 3 aliphatic rings. The number of rotatable bonds is 10. The summed E-state index contributed by atoms with van der Waals surface area (Å²) in [4.78, 5) is 4.83. The van der Waals surface area contributed by atoms with Crippen molar-refractivity contribution in [3.63, 3.8) is 0 Å². The Bertz CT molecular complexity index is 1300. The Balaban J connectivity index is 1.26. The fraction of sp³-hybridized carbons (Fsp3) is 0.486. The Kier molecular flexibility index (Phi) is 8.43. The molecule has 6 rings (SSSR count). The molecule has 2 fully saturated rings. The molecule has 40 heavy (non-hydrogen) atoms. The molecule has 0 amide bonds. The average Bonchev–Trinajstić information content (AvgIpc) is 3.46. The van der Waals surface area contributed by atoms with Crippen molar-refractivity contribution in [2.45, 2.75) is 64.6 Å². The molecule has 1 aliphatic carbocycles. The van der Waals surface area contributed by atoms with Crippen LogP contribution in [0.15, 0.2) is 54.6 Å². The quantitative estimate of drug-likeness (QED) is 0.341. The fourth-order valence-electron chi connectivity index (χ4n) is 6.70. The predicted octanol–water partition coefficient (Wildman–Crippen LogP) is 6.02. The third-order valence-corrected chi connectivity index (χ3v) is 9.50. The van der Waals surface area contributed by atoms with Crippen LogP contribution in [-0.4, -0.2) is 60.8 Å². The van der Waals surface area contributed by atoms with Gasteiger partial charge in [0.05, 0.1) is 13.2 Å². The van der Waals surface area contributed by atoms with Crippen molar-refractivity contribution in [1.29, 1.82) is 0 Å². The normalized spacial score (nSPS) is 19.8. The lowest BCUT2D eigenvalue weighted by molar-refractivity contribution is 0.0345. The standard InChI is InChI=1S/C35H44N2O3/c1-25-28(10-6-11-30(25)27-8-4-3-5-9-27)24-40-34-20-35(39-23-26-14-17-36(2)18-15-26)33(31-12-7-13-32(31)34)21-37-19-16-29(37)22-38/h3-6,8-11,20,26,29,38H,7,12-19,21-24H2,1-2H3. The monoisotopic (exact) mass is 540 g/mol. The van der Waals surface area contributed by atoms with Gasteiger partial charge < -0.3 is 19.5 Å². The van der Waals surface area contributed by atoms with E-state index < -0.39 is 0 Å². The molecule has 2 aliphatic heterocycles. The van der Waals surface area contributed by atoms with Crippen LogP contribution in [0.1, 0.15) is 53.5 Å². The minimum Gasteiger partial charge on any atom is -0.493 e. The van der Waals surface area contributed by atoms with E-state index in [1.807, 2.05) is 0 Å². The van der Waals surface area contributed by atoms with E-state index in [0.29, 0.717) is 12.5 Å². The fourth-order valence-corrected chi connectivity index (χ4v) is 6.70. The summed E-state index contributed by atoms with van der Waals surface area (Å²) in [7, 11) is 2.21. The number of hydrogen-bond donors (Lipinski definition) is 1. The summed E-state index contributed by atoms with van der Waals surface area (Å²) < 4.78 is 13.3. The first kappa shape index (κ1) is 27.3. The van der Waals surface area contributed by atoms with Crippen LogP contribution >= 0.6 is 0 Å². The second-order valence-corrected chi connectivity index (χ2v) is 12.1. The van der Waals surface area contributed by atoms with E-state index in [0.717, 1.165) is 70.0 Å². The molecule has 0 radical (unpaired) electrons. The lowest BCUT2D eigenvalue weighted by Crippen LogP contribution is -2.49. The van der Waals surface area contributed by atoms with E-state index in [2.05, 4.69) is 78.4 Å². The molecule has 0 saturated carbocycles. The number of benzene rings is 3. The Hall–Kier alpha value is -2.86. The van der Waals surface area contributed by atoms with Gasteiger partial charge in [-0.2, -0.15) is 0 Å². The highest BCUT2D eigenvalue weighted by molar-refractivity contribution is 5.68. The summed E-state index contributed by atoms with van der Waals surface area (Å²) in [6.07, 6.45) is 6.74. The van der Waals surface area contributed by atoms with Crippen molar-refractivity contribution in [1.82, 2.24) is 9.80 Å². The highest BCUT2D eigenvalue weighted by Crippen LogP contribution is 2.41. The highest BCUT2D eigenvalue weighted by Gasteiger charge is 2.31. The SMILES string of the molecule is Cc1c(COc2cc(OCC3CCN(C)CC3)c(CN3CCC3CO)c3c2CCC3)cccc1-c1ccccc1. The summed E-state index contributed by atoms with van der Waals surface area (Å²) >= 11 is 0. The predicted molar refractivity (Wildman–Crippen MR) is 161 cm³/mol. The molecule has 3 aromatic carbocycles. The van der Waals surface area contributed by atoms with E-state index in [4.69, 9.17) is 9.47 Å². The smallest absolute Gasteiger partial charge is 0.127 e. The topological polar surface area (TPSA) is 45.2 Å². The van der Waals surface area contributed by atoms with Crippen molar-refractivity contribution >= 4 is 0 Å². The maximum absolute atomic E-state index is 9.83. The summed E-state index contributed by atoms with van der Waals surface area (Å²) in [6, 6.07) is 19.6. The van der Waals surface area contributed by atoms with Crippen LogP contribution in [0.5, 0.6) is 11.5 Å². The van der Waals surface area contributed by atoms with Gasteiger partial charge in [0.15, 0.2) is 0 Å². The minimum atomic E-state index is 0.233. The number of piperidine rings is 1. The van der Waals surface area contributed by atoms with E-state index >= 15 is 0 Å². The summed E-state index contributed by atoms with van der Waals surface area (Å²) in [6.45, 7) is 7.94. The molecular formula is C35H44N2O3. The summed E-state index contributed by atoms with van der Waals surface area (Å²) in [5.74, 6) is 2.58. The largest absolute Gasteiger partial charge is 0.493 e. The van der Waals surface area contributed by atoms with Gasteiger partial charge in [0, 0.05) is 30.8 Å². The lowest BCUT2D eigenvalue weighted by Gasteiger charge is -2.40. The first-order valence-corrected chi connectivity index (χ1v) is 15.2. The van der Waals surface area contributed by atoms with Gasteiger partial charge in [-0.3, -0.25) is 4.90 Å². The van der Waals surface area contributed by atoms with Crippen LogP contribution in [0.2, 0.25) is 0 Å². The molecule has 0 spiro atoms. The molecule has 0 aromatic heterocycles. The molecule has 1 atom stereocenters. The van der Waals surface area contributed by atoms with Gasteiger partial charge in [0.2, 0.25) is 0 Å². The summed E-state index contributed by atoms with van der Waals surface area (Å²) in [5, 5.41) is 9.83. The van der Waals surface area contributed by atoms with Crippen LogP contribution in [0.4, 0.5) is 0 Å². The number of ether oxygens (including phenoxy) is 2. The van der Waals surface area contributed by atoms with Gasteiger partial charge in [-0.25, -0.2) is 0 Å². The number of aliphatic hydroxyl groups is 1. The molecule has 0 bridgehead atoms. The molecule has 5 nitrogen and oxygen atoms in total. The Morgan fingerprint density at radius 2 is 1.68 bits per heavy atom. The first-order chi connectivity index (χ1) is 19.6. The van der Waals surface area contributed by atoms with Crippen LogP contribution in [-0.2, 0) is 26.0 Å². The van der Waals surface area contributed by atoms with Crippen molar-refractivity contribution in [3.8, 4) is 22.6 Å². The molecule has 1 unspecified atom stereocenters. The highest BCUT2D eigenvalue weighted by atomic mass is 16.5. The van der Waals surface area contributed by atoms with Crippen molar-refractivity contribution in [2.75, 3.05) is 39.9 Å². The van der Waals surface area contributed by atoms with Crippen LogP contribution in [0, 0.1) is 12.8 Å².